The van der Waals surface area contributed by atoms with E-state index in [0.717, 1.165) is 5.56 Å². The van der Waals surface area contributed by atoms with Crippen LogP contribution in [0, 0.1) is 0 Å². The Morgan fingerprint density at radius 1 is 1.21 bits per heavy atom. The predicted octanol–water partition coefficient (Wildman–Crippen LogP) is 2.00. The largest absolute Gasteiger partial charge is 0.469 e. The summed E-state index contributed by atoms with van der Waals surface area (Å²) in [7, 11) is 1.27. The Morgan fingerprint density at radius 2 is 1.88 bits per heavy atom. The number of ether oxygens (including phenoxy) is 3. The van der Waals surface area contributed by atoms with Gasteiger partial charge < -0.3 is 19.3 Å². The van der Waals surface area contributed by atoms with E-state index in [4.69, 9.17) is 9.47 Å². The molecular formula is C18H24O6. The van der Waals surface area contributed by atoms with E-state index >= 15 is 0 Å². The summed E-state index contributed by atoms with van der Waals surface area (Å²) >= 11 is 0. The normalized spacial score (nSPS) is 14.8. The molecule has 1 rings (SSSR count). The molecule has 6 heteroatoms. The zero-order chi connectivity index (χ0) is 17.9. The molecule has 1 aromatic rings. The fourth-order valence-electron chi connectivity index (χ4n) is 1.89. The lowest BCUT2D eigenvalue weighted by Crippen LogP contribution is -2.25. The Bertz CT molecular complexity index is 538. The molecule has 0 unspecified atom stereocenters. The van der Waals surface area contributed by atoms with Crippen molar-refractivity contribution >= 4 is 11.9 Å². The topological polar surface area (TPSA) is 82.1 Å². The zero-order valence-electron chi connectivity index (χ0n) is 14.2. The number of rotatable bonds is 9. The van der Waals surface area contributed by atoms with Gasteiger partial charge in [-0.15, -0.1) is 0 Å². The Morgan fingerprint density at radius 3 is 2.46 bits per heavy atom. The standard InChI is InChI=1S/C18H24O6/c1-13(11-18(21)22-3)24-17(20)10-9-16(14(2)19)23-12-15-7-5-4-6-8-15/h4-10,13-14,16,19H,11-12H2,1-3H3/b10-9+/t13-,14-,16+/m0/s1. The molecule has 0 saturated heterocycles. The van der Waals surface area contributed by atoms with E-state index < -0.39 is 30.3 Å². The number of carbonyl (C=O) groups excluding carboxylic acids is 2. The van der Waals surface area contributed by atoms with E-state index in [9.17, 15) is 14.7 Å². The first-order chi connectivity index (χ1) is 11.4. The lowest BCUT2D eigenvalue weighted by molar-refractivity contribution is -0.149. The summed E-state index contributed by atoms with van der Waals surface area (Å²) in [5.41, 5.74) is 0.964. The molecule has 1 aromatic carbocycles. The monoisotopic (exact) mass is 336 g/mol. The third kappa shape index (κ3) is 7.89. The van der Waals surface area contributed by atoms with Gasteiger partial charge in [0.25, 0.3) is 0 Å². The van der Waals surface area contributed by atoms with Crippen LogP contribution in [-0.2, 0) is 30.4 Å². The van der Waals surface area contributed by atoms with Crippen molar-refractivity contribution in [1.29, 1.82) is 0 Å². The smallest absolute Gasteiger partial charge is 0.330 e. The van der Waals surface area contributed by atoms with Gasteiger partial charge in [0.15, 0.2) is 0 Å². The van der Waals surface area contributed by atoms with Crippen LogP contribution in [0.3, 0.4) is 0 Å². The fraction of sp³-hybridized carbons (Fsp3) is 0.444. The van der Waals surface area contributed by atoms with E-state index in [2.05, 4.69) is 4.74 Å². The molecule has 0 spiro atoms. The van der Waals surface area contributed by atoms with Gasteiger partial charge in [-0.1, -0.05) is 30.3 Å². The van der Waals surface area contributed by atoms with E-state index in [1.165, 1.54) is 19.3 Å². The molecule has 0 heterocycles. The number of aliphatic hydroxyl groups excluding tert-OH is 1. The van der Waals surface area contributed by atoms with Crippen molar-refractivity contribution in [3.8, 4) is 0 Å². The summed E-state index contributed by atoms with van der Waals surface area (Å²) < 4.78 is 15.2. The van der Waals surface area contributed by atoms with Crippen molar-refractivity contribution in [1.82, 2.24) is 0 Å². The molecule has 3 atom stereocenters. The van der Waals surface area contributed by atoms with Crippen LogP contribution in [0.4, 0.5) is 0 Å². The number of carbonyl (C=O) groups is 2. The highest BCUT2D eigenvalue weighted by Crippen LogP contribution is 2.08. The number of esters is 2. The van der Waals surface area contributed by atoms with Gasteiger partial charge in [0.1, 0.15) is 12.2 Å². The van der Waals surface area contributed by atoms with Crippen LogP contribution >= 0.6 is 0 Å². The summed E-state index contributed by atoms with van der Waals surface area (Å²) in [4.78, 5) is 22.8. The second-order valence-corrected chi connectivity index (χ2v) is 5.39. The summed E-state index contributed by atoms with van der Waals surface area (Å²) in [6, 6.07) is 9.51. The van der Waals surface area contributed by atoms with Crippen molar-refractivity contribution in [3.05, 3.63) is 48.0 Å². The Hall–Kier alpha value is -2.18. The van der Waals surface area contributed by atoms with Gasteiger partial charge in [0.05, 0.1) is 26.2 Å². The van der Waals surface area contributed by atoms with Crippen molar-refractivity contribution in [2.24, 2.45) is 0 Å². The third-order valence-electron chi connectivity index (χ3n) is 3.18. The highest BCUT2D eigenvalue weighted by atomic mass is 16.6. The second-order valence-electron chi connectivity index (χ2n) is 5.39. The van der Waals surface area contributed by atoms with Crippen LogP contribution in [0.1, 0.15) is 25.8 Å². The summed E-state index contributed by atoms with van der Waals surface area (Å²) in [5, 5.41) is 9.75. The Labute approximate surface area is 142 Å². The van der Waals surface area contributed by atoms with Gasteiger partial charge in [0, 0.05) is 6.08 Å². The second kappa shape index (κ2) is 10.6. The first-order valence-corrected chi connectivity index (χ1v) is 7.71. The number of aliphatic hydroxyl groups is 1. The lowest BCUT2D eigenvalue weighted by Gasteiger charge is -2.17. The average Bonchev–Trinajstić information content (AvgIpc) is 2.55. The maximum absolute atomic E-state index is 11.7. The van der Waals surface area contributed by atoms with Crippen molar-refractivity contribution in [2.75, 3.05) is 7.11 Å². The average molecular weight is 336 g/mol. The molecule has 0 fully saturated rings. The van der Waals surface area contributed by atoms with E-state index in [0.29, 0.717) is 6.61 Å². The van der Waals surface area contributed by atoms with Gasteiger partial charge >= 0.3 is 11.9 Å². The number of methoxy groups -OCH3 is 1. The third-order valence-corrected chi connectivity index (χ3v) is 3.18. The van der Waals surface area contributed by atoms with E-state index in [1.54, 1.807) is 13.8 Å². The maximum atomic E-state index is 11.7. The molecule has 0 bridgehead atoms. The van der Waals surface area contributed by atoms with Crippen LogP contribution in [0.2, 0.25) is 0 Å². The highest BCUT2D eigenvalue weighted by Gasteiger charge is 2.15. The molecule has 0 aliphatic carbocycles. The van der Waals surface area contributed by atoms with Crippen molar-refractivity contribution in [2.45, 2.75) is 45.2 Å². The van der Waals surface area contributed by atoms with Gasteiger partial charge in [-0.25, -0.2) is 4.79 Å². The van der Waals surface area contributed by atoms with Crippen molar-refractivity contribution < 1.29 is 28.9 Å². The van der Waals surface area contributed by atoms with Crippen molar-refractivity contribution in [3.63, 3.8) is 0 Å². The Kier molecular flexibility index (Phi) is 8.75. The first kappa shape index (κ1) is 19.9. The van der Waals surface area contributed by atoms with E-state index in [-0.39, 0.29) is 6.42 Å². The molecular weight excluding hydrogens is 312 g/mol. The van der Waals surface area contributed by atoms with Crippen LogP contribution in [0.15, 0.2) is 42.5 Å². The van der Waals surface area contributed by atoms with E-state index in [1.807, 2.05) is 30.3 Å². The molecule has 0 saturated carbocycles. The van der Waals surface area contributed by atoms with Gasteiger partial charge in [-0.2, -0.15) is 0 Å². The van der Waals surface area contributed by atoms with Gasteiger partial charge in [-0.3, -0.25) is 4.79 Å². The van der Waals surface area contributed by atoms with Crippen LogP contribution < -0.4 is 0 Å². The number of hydrogen-bond acceptors (Lipinski definition) is 6. The summed E-state index contributed by atoms with van der Waals surface area (Å²) in [6.45, 7) is 3.49. The first-order valence-electron chi connectivity index (χ1n) is 7.71. The molecule has 1 N–H and O–H groups in total. The quantitative estimate of drug-likeness (QED) is 0.549. The van der Waals surface area contributed by atoms with Crippen LogP contribution in [0.25, 0.3) is 0 Å². The molecule has 132 valence electrons. The molecule has 0 aliphatic heterocycles. The minimum absolute atomic E-state index is 0.0135. The molecule has 0 aromatic heterocycles. The number of benzene rings is 1. The predicted molar refractivity (Wildman–Crippen MR) is 88.0 cm³/mol. The summed E-state index contributed by atoms with van der Waals surface area (Å²) in [5.74, 6) is -1.06. The number of hydrogen-bond donors (Lipinski definition) is 1. The van der Waals surface area contributed by atoms with Crippen LogP contribution in [-0.4, -0.2) is 42.5 Å². The minimum atomic E-state index is -0.787. The zero-order valence-corrected chi connectivity index (χ0v) is 14.2. The van der Waals surface area contributed by atoms with Crippen LogP contribution in [0.5, 0.6) is 0 Å². The lowest BCUT2D eigenvalue weighted by atomic mass is 10.2. The molecule has 0 aliphatic rings. The molecule has 6 nitrogen and oxygen atoms in total. The fourth-order valence-corrected chi connectivity index (χ4v) is 1.89. The molecule has 0 radical (unpaired) electrons. The highest BCUT2D eigenvalue weighted by molar-refractivity contribution is 5.82. The SMILES string of the molecule is COC(=O)C[C@H](C)OC(=O)/C=C/[C@@H](OCc1ccccc1)[C@H](C)O. The van der Waals surface area contributed by atoms with Gasteiger partial charge in [-0.05, 0) is 25.5 Å². The maximum Gasteiger partial charge on any atom is 0.330 e. The molecule has 24 heavy (non-hydrogen) atoms. The summed E-state index contributed by atoms with van der Waals surface area (Å²) in [6.07, 6.45) is 0.598. The van der Waals surface area contributed by atoms with Gasteiger partial charge in [0.2, 0.25) is 0 Å². The Balaban J connectivity index is 2.49. The molecule has 0 amide bonds. The minimum Gasteiger partial charge on any atom is -0.469 e.